The molecule has 7 heteroatoms. The van der Waals surface area contributed by atoms with Gasteiger partial charge in [-0.1, -0.05) is 0 Å². The second kappa shape index (κ2) is 6.71. The molecule has 0 radical (unpaired) electrons. The number of hydrogen-bond acceptors (Lipinski definition) is 5. The molecule has 2 atom stereocenters. The van der Waals surface area contributed by atoms with Gasteiger partial charge in [0, 0.05) is 13.0 Å². The quantitative estimate of drug-likeness (QED) is 0.694. The van der Waals surface area contributed by atoms with Crippen LogP contribution < -0.4 is 0 Å². The van der Waals surface area contributed by atoms with Crippen molar-refractivity contribution < 1.29 is 28.2 Å². The average Bonchev–Trinajstić information content (AvgIpc) is 2.26. The Balaban J connectivity index is 2.49. The van der Waals surface area contributed by atoms with Crippen molar-refractivity contribution in [2.75, 3.05) is 13.1 Å². The Morgan fingerprint density at radius 3 is 2.05 bits per heavy atom. The summed E-state index contributed by atoms with van der Waals surface area (Å²) in [7, 11) is 0. The van der Waals surface area contributed by atoms with Crippen LogP contribution in [-0.2, 0) is 14.2 Å². The van der Waals surface area contributed by atoms with E-state index in [0.717, 1.165) is 0 Å². The van der Waals surface area contributed by atoms with Crippen LogP contribution in [0.5, 0.6) is 0 Å². The third-order valence-corrected chi connectivity index (χ3v) is 2.77. The summed E-state index contributed by atoms with van der Waals surface area (Å²) in [6.07, 6.45) is -3.63. The van der Waals surface area contributed by atoms with Crippen LogP contribution in [0.25, 0.3) is 0 Å². The summed E-state index contributed by atoms with van der Waals surface area (Å²) in [6.45, 7) is 10.4. The molecular formula is C15H26FNO5. The molecule has 1 fully saturated rings. The molecule has 0 N–H and O–H groups in total. The highest BCUT2D eigenvalue weighted by molar-refractivity contribution is 5.68. The Morgan fingerprint density at radius 1 is 1.05 bits per heavy atom. The fourth-order valence-corrected chi connectivity index (χ4v) is 1.91. The van der Waals surface area contributed by atoms with Crippen molar-refractivity contribution in [3.05, 3.63) is 0 Å². The largest absolute Gasteiger partial charge is 0.509 e. The van der Waals surface area contributed by atoms with Crippen LogP contribution in [-0.4, -0.2) is 53.7 Å². The number of rotatable bonds is 1. The summed E-state index contributed by atoms with van der Waals surface area (Å²) in [6, 6.07) is 0. The molecule has 0 aromatic heterocycles. The number of piperidine rings is 1. The molecule has 0 aromatic carbocycles. The van der Waals surface area contributed by atoms with E-state index in [2.05, 4.69) is 0 Å². The molecule has 1 saturated heterocycles. The summed E-state index contributed by atoms with van der Waals surface area (Å²) in [5.74, 6) is 0. The number of ether oxygens (including phenoxy) is 3. The Bertz CT molecular complexity index is 413. The molecule has 0 saturated carbocycles. The van der Waals surface area contributed by atoms with Crippen LogP contribution in [0.1, 0.15) is 48.0 Å². The van der Waals surface area contributed by atoms with Gasteiger partial charge in [0.2, 0.25) is 0 Å². The lowest BCUT2D eigenvalue weighted by molar-refractivity contribution is -0.0649. The monoisotopic (exact) mass is 319 g/mol. The SMILES string of the molecule is CC(C)(C)OC(=O)O[C@H]1CCN(C(=O)OC(C)(C)C)C[C@@H]1F. The summed E-state index contributed by atoms with van der Waals surface area (Å²) in [4.78, 5) is 24.7. The highest BCUT2D eigenvalue weighted by Gasteiger charge is 2.36. The van der Waals surface area contributed by atoms with Crippen molar-refractivity contribution in [3.63, 3.8) is 0 Å². The zero-order valence-corrected chi connectivity index (χ0v) is 14.1. The first-order valence-electron chi connectivity index (χ1n) is 7.39. The summed E-state index contributed by atoms with van der Waals surface area (Å²) in [5.41, 5.74) is -1.33. The van der Waals surface area contributed by atoms with Crippen molar-refractivity contribution in [1.29, 1.82) is 0 Å². The molecule has 0 bridgehead atoms. The zero-order chi connectivity index (χ0) is 17.1. The highest BCUT2D eigenvalue weighted by Crippen LogP contribution is 2.21. The molecular weight excluding hydrogens is 293 g/mol. The van der Waals surface area contributed by atoms with E-state index >= 15 is 0 Å². The number of alkyl halides is 1. The van der Waals surface area contributed by atoms with Crippen molar-refractivity contribution in [3.8, 4) is 0 Å². The van der Waals surface area contributed by atoms with Gasteiger partial charge in [-0.3, -0.25) is 0 Å². The highest BCUT2D eigenvalue weighted by atomic mass is 19.1. The third kappa shape index (κ3) is 6.49. The predicted octanol–water partition coefficient (Wildman–Crippen LogP) is 3.29. The Kier molecular flexibility index (Phi) is 5.65. The van der Waals surface area contributed by atoms with Gasteiger partial charge in [0.1, 0.15) is 17.3 Å². The molecule has 0 spiro atoms. The van der Waals surface area contributed by atoms with E-state index in [1.807, 2.05) is 0 Å². The van der Waals surface area contributed by atoms with E-state index in [9.17, 15) is 14.0 Å². The number of carbonyl (C=O) groups is 2. The molecule has 0 aliphatic carbocycles. The number of likely N-dealkylation sites (tertiary alicyclic amines) is 1. The molecule has 1 aliphatic heterocycles. The van der Waals surface area contributed by atoms with E-state index in [-0.39, 0.29) is 19.5 Å². The second-order valence-electron chi connectivity index (χ2n) is 7.35. The van der Waals surface area contributed by atoms with Crippen LogP contribution in [0.15, 0.2) is 0 Å². The first-order valence-corrected chi connectivity index (χ1v) is 7.39. The van der Waals surface area contributed by atoms with Crippen molar-refractivity contribution >= 4 is 12.2 Å². The van der Waals surface area contributed by atoms with Gasteiger partial charge in [-0.05, 0) is 41.5 Å². The van der Waals surface area contributed by atoms with Crippen LogP contribution >= 0.6 is 0 Å². The standard InChI is InChI=1S/C15H26FNO5/c1-14(2,3)21-12(18)17-8-7-11(10(16)9-17)20-13(19)22-15(4,5)6/h10-11H,7-9H2,1-6H3/t10-,11-/m0/s1. The topological polar surface area (TPSA) is 65.1 Å². The van der Waals surface area contributed by atoms with Crippen LogP contribution in [0.3, 0.4) is 0 Å². The van der Waals surface area contributed by atoms with E-state index in [4.69, 9.17) is 14.2 Å². The van der Waals surface area contributed by atoms with Gasteiger partial charge in [0.15, 0.2) is 6.17 Å². The lowest BCUT2D eigenvalue weighted by Gasteiger charge is -2.35. The molecule has 128 valence electrons. The molecule has 1 aliphatic rings. The zero-order valence-electron chi connectivity index (χ0n) is 14.1. The fourth-order valence-electron chi connectivity index (χ4n) is 1.91. The molecule has 1 amide bonds. The fraction of sp³-hybridized carbons (Fsp3) is 0.867. The predicted molar refractivity (Wildman–Crippen MR) is 78.4 cm³/mol. The lowest BCUT2D eigenvalue weighted by atomic mass is 10.1. The number of halogens is 1. The molecule has 6 nitrogen and oxygen atoms in total. The minimum absolute atomic E-state index is 0.164. The van der Waals surface area contributed by atoms with E-state index in [1.165, 1.54) is 4.90 Å². The van der Waals surface area contributed by atoms with Crippen molar-refractivity contribution in [2.45, 2.75) is 71.4 Å². The number of carbonyl (C=O) groups excluding carboxylic acids is 2. The van der Waals surface area contributed by atoms with Gasteiger partial charge in [0.25, 0.3) is 0 Å². The van der Waals surface area contributed by atoms with Crippen molar-refractivity contribution in [2.24, 2.45) is 0 Å². The average molecular weight is 319 g/mol. The minimum Gasteiger partial charge on any atom is -0.444 e. The van der Waals surface area contributed by atoms with Gasteiger partial charge >= 0.3 is 12.2 Å². The van der Waals surface area contributed by atoms with Crippen LogP contribution in [0, 0.1) is 0 Å². The number of amides is 1. The maximum atomic E-state index is 14.1. The second-order valence-corrected chi connectivity index (χ2v) is 7.35. The van der Waals surface area contributed by atoms with Gasteiger partial charge < -0.3 is 19.1 Å². The first-order chi connectivity index (χ1) is 9.87. The van der Waals surface area contributed by atoms with E-state index in [1.54, 1.807) is 41.5 Å². The van der Waals surface area contributed by atoms with Gasteiger partial charge in [-0.2, -0.15) is 0 Å². The minimum atomic E-state index is -1.46. The lowest BCUT2D eigenvalue weighted by Crippen LogP contribution is -2.50. The Labute approximate surface area is 130 Å². The third-order valence-electron chi connectivity index (χ3n) is 2.77. The summed E-state index contributed by atoms with van der Waals surface area (Å²) < 4.78 is 29.3. The van der Waals surface area contributed by atoms with Crippen LogP contribution in [0.4, 0.5) is 14.0 Å². The molecule has 1 heterocycles. The van der Waals surface area contributed by atoms with Gasteiger partial charge in [-0.15, -0.1) is 0 Å². The molecule has 22 heavy (non-hydrogen) atoms. The number of nitrogens with zero attached hydrogens (tertiary/aromatic N) is 1. The first kappa shape index (κ1) is 18.5. The van der Waals surface area contributed by atoms with Gasteiger partial charge in [-0.25, -0.2) is 14.0 Å². The van der Waals surface area contributed by atoms with Gasteiger partial charge in [0.05, 0.1) is 6.54 Å². The molecule has 0 unspecified atom stereocenters. The van der Waals surface area contributed by atoms with Crippen LogP contribution in [0.2, 0.25) is 0 Å². The maximum Gasteiger partial charge on any atom is 0.509 e. The summed E-state index contributed by atoms with van der Waals surface area (Å²) >= 11 is 0. The molecule has 1 rings (SSSR count). The number of hydrogen-bond donors (Lipinski definition) is 0. The van der Waals surface area contributed by atoms with E-state index in [0.29, 0.717) is 0 Å². The smallest absolute Gasteiger partial charge is 0.444 e. The Hall–Kier alpha value is -1.53. The molecule has 0 aromatic rings. The Morgan fingerprint density at radius 2 is 1.59 bits per heavy atom. The normalized spacial score (nSPS) is 23.0. The van der Waals surface area contributed by atoms with Crippen molar-refractivity contribution in [1.82, 2.24) is 4.90 Å². The van der Waals surface area contributed by atoms with E-state index < -0.39 is 35.7 Å². The summed E-state index contributed by atoms with van der Waals surface area (Å²) in [5, 5.41) is 0. The maximum absolute atomic E-state index is 14.1.